The minimum atomic E-state index is -0.0696. The van der Waals surface area contributed by atoms with Gasteiger partial charge in [0.25, 0.3) is 0 Å². The number of piperidine rings is 1. The first-order valence-electron chi connectivity index (χ1n) is 11.4. The molecule has 2 aromatic carbocycles. The monoisotopic (exact) mass is 435 g/mol. The molecule has 170 valence electrons. The van der Waals surface area contributed by atoms with Gasteiger partial charge in [0.2, 0.25) is 0 Å². The van der Waals surface area contributed by atoms with Gasteiger partial charge in [0.05, 0.1) is 26.9 Å². The van der Waals surface area contributed by atoms with Crippen LogP contribution in [-0.2, 0) is 12.0 Å². The number of methoxy groups -OCH3 is 2. The highest BCUT2D eigenvalue weighted by atomic mass is 16.5. The summed E-state index contributed by atoms with van der Waals surface area (Å²) in [5.41, 5.74) is 4.93. The largest absolute Gasteiger partial charge is 0.497 e. The molecule has 0 saturated carbocycles. The molecule has 32 heavy (non-hydrogen) atoms. The van der Waals surface area contributed by atoms with E-state index < -0.39 is 0 Å². The van der Waals surface area contributed by atoms with Crippen molar-refractivity contribution in [2.24, 2.45) is 0 Å². The summed E-state index contributed by atoms with van der Waals surface area (Å²) in [4.78, 5) is 8.57. The normalized spacial score (nSPS) is 21.1. The molecule has 1 saturated heterocycles. The van der Waals surface area contributed by atoms with E-state index in [-0.39, 0.29) is 18.1 Å². The smallest absolute Gasteiger partial charge is 0.120 e. The second-order valence-corrected chi connectivity index (χ2v) is 9.36. The summed E-state index contributed by atoms with van der Waals surface area (Å²) in [7, 11) is 5.62. The molecule has 1 atom stereocenters. The zero-order valence-corrected chi connectivity index (χ0v) is 19.2. The maximum atomic E-state index is 10.5. The molecule has 6 heteroatoms. The van der Waals surface area contributed by atoms with Gasteiger partial charge < -0.3 is 24.5 Å². The SMILES string of the molecule is COc1cccc(CN2CC3(CCN(C)CC3)c3c([nH]c4cc(OC)ccc34)[C@@H]2CO)c1. The Labute approximate surface area is 189 Å². The number of likely N-dealkylation sites (tertiary alicyclic amines) is 1. The zero-order chi connectivity index (χ0) is 22.3. The predicted molar refractivity (Wildman–Crippen MR) is 126 cm³/mol. The highest BCUT2D eigenvalue weighted by molar-refractivity contribution is 5.87. The van der Waals surface area contributed by atoms with E-state index in [1.807, 2.05) is 12.1 Å². The fourth-order valence-electron chi connectivity index (χ4n) is 5.74. The van der Waals surface area contributed by atoms with E-state index >= 15 is 0 Å². The Kier molecular flexibility index (Phi) is 5.61. The lowest BCUT2D eigenvalue weighted by Crippen LogP contribution is -2.53. The number of H-pyrrole nitrogens is 1. The van der Waals surface area contributed by atoms with Crippen LogP contribution in [0.3, 0.4) is 0 Å². The molecular formula is C26H33N3O3. The number of ether oxygens (including phenoxy) is 2. The molecule has 0 amide bonds. The molecule has 0 unspecified atom stereocenters. The van der Waals surface area contributed by atoms with Crippen molar-refractivity contribution in [2.75, 3.05) is 47.5 Å². The van der Waals surface area contributed by atoms with E-state index in [0.717, 1.165) is 61.7 Å². The molecule has 2 aliphatic rings. The Hall–Kier alpha value is -2.54. The van der Waals surface area contributed by atoms with Crippen molar-refractivity contribution in [2.45, 2.75) is 30.8 Å². The summed E-state index contributed by atoms with van der Waals surface area (Å²) in [6.07, 6.45) is 2.23. The van der Waals surface area contributed by atoms with Crippen molar-refractivity contribution in [1.82, 2.24) is 14.8 Å². The third-order valence-corrected chi connectivity index (χ3v) is 7.48. The van der Waals surface area contributed by atoms with Gasteiger partial charge in [-0.3, -0.25) is 4.90 Å². The van der Waals surface area contributed by atoms with E-state index in [4.69, 9.17) is 9.47 Å². The van der Waals surface area contributed by atoms with Crippen LogP contribution in [0, 0.1) is 0 Å². The number of hydrogen-bond donors (Lipinski definition) is 2. The van der Waals surface area contributed by atoms with Crippen molar-refractivity contribution in [1.29, 1.82) is 0 Å². The van der Waals surface area contributed by atoms with Gasteiger partial charge >= 0.3 is 0 Å². The van der Waals surface area contributed by atoms with Crippen molar-refractivity contribution in [3.05, 3.63) is 59.3 Å². The summed E-state index contributed by atoms with van der Waals surface area (Å²) in [6.45, 7) is 3.96. The third-order valence-electron chi connectivity index (χ3n) is 7.48. The third kappa shape index (κ3) is 3.56. The highest BCUT2D eigenvalue weighted by Gasteiger charge is 2.46. The molecule has 2 N–H and O–H groups in total. The minimum Gasteiger partial charge on any atom is -0.497 e. The lowest BCUT2D eigenvalue weighted by atomic mass is 9.68. The molecule has 1 spiro atoms. The van der Waals surface area contributed by atoms with Crippen LogP contribution in [-0.4, -0.2) is 67.4 Å². The number of nitrogens with one attached hydrogen (secondary N) is 1. The van der Waals surface area contributed by atoms with Crippen molar-refractivity contribution < 1.29 is 14.6 Å². The molecule has 3 aromatic rings. The maximum absolute atomic E-state index is 10.5. The number of benzene rings is 2. The molecule has 3 heterocycles. The number of aliphatic hydroxyl groups excluding tert-OH is 1. The number of hydrogen-bond acceptors (Lipinski definition) is 5. The summed E-state index contributed by atoms with van der Waals surface area (Å²) in [5, 5.41) is 11.8. The van der Waals surface area contributed by atoms with Gasteiger partial charge in [-0.2, -0.15) is 0 Å². The van der Waals surface area contributed by atoms with Crippen LogP contribution in [0.4, 0.5) is 0 Å². The van der Waals surface area contributed by atoms with Crippen LogP contribution < -0.4 is 9.47 Å². The van der Waals surface area contributed by atoms with Gasteiger partial charge in [0, 0.05) is 41.2 Å². The van der Waals surface area contributed by atoms with E-state index in [1.165, 1.54) is 16.5 Å². The van der Waals surface area contributed by atoms with E-state index in [9.17, 15) is 5.11 Å². The fraction of sp³-hybridized carbons (Fsp3) is 0.462. The number of nitrogens with zero attached hydrogens (tertiary/aromatic N) is 2. The first kappa shape index (κ1) is 21.3. The van der Waals surface area contributed by atoms with E-state index in [2.05, 4.69) is 52.2 Å². The summed E-state index contributed by atoms with van der Waals surface area (Å²) in [6, 6.07) is 14.5. The molecule has 1 fully saturated rings. The molecule has 1 aromatic heterocycles. The maximum Gasteiger partial charge on any atom is 0.120 e. The van der Waals surface area contributed by atoms with Crippen molar-refractivity contribution >= 4 is 10.9 Å². The number of rotatable bonds is 5. The van der Waals surface area contributed by atoms with Crippen LogP contribution in [0.5, 0.6) is 11.5 Å². The van der Waals surface area contributed by atoms with Crippen molar-refractivity contribution in [3.63, 3.8) is 0 Å². The number of aromatic nitrogens is 1. The Morgan fingerprint density at radius 3 is 2.53 bits per heavy atom. The molecule has 2 aliphatic heterocycles. The van der Waals surface area contributed by atoms with Crippen LogP contribution in [0.2, 0.25) is 0 Å². The summed E-state index contributed by atoms with van der Waals surface area (Å²) in [5.74, 6) is 1.72. The van der Waals surface area contributed by atoms with Gasteiger partial charge in [0.1, 0.15) is 11.5 Å². The van der Waals surface area contributed by atoms with E-state index in [1.54, 1.807) is 14.2 Å². The van der Waals surface area contributed by atoms with Crippen LogP contribution >= 0.6 is 0 Å². The Bertz CT molecular complexity index is 1100. The molecule has 0 aliphatic carbocycles. The number of aromatic amines is 1. The van der Waals surface area contributed by atoms with Gasteiger partial charge in [-0.1, -0.05) is 12.1 Å². The Balaban J connectivity index is 1.61. The average molecular weight is 436 g/mol. The van der Waals surface area contributed by atoms with Crippen molar-refractivity contribution in [3.8, 4) is 11.5 Å². The minimum absolute atomic E-state index is 0.0687. The Morgan fingerprint density at radius 2 is 1.81 bits per heavy atom. The number of fused-ring (bicyclic) bond motifs is 4. The number of aliphatic hydroxyl groups is 1. The van der Waals surface area contributed by atoms with Gasteiger partial charge in [0.15, 0.2) is 0 Å². The standard InChI is InChI=1S/C26H33N3O3/c1-28-11-9-26(10-12-28)17-29(15-18-5-4-6-19(13-18)31-2)23(16-30)25-24(26)21-8-7-20(32-3)14-22(21)27-25/h4-8,13-14,23,27,30H,9-12,15-17H2,1-3H3/t23-/m0/s1. The van der Waals surface area contributed by atoms with E-state index in [0.29, 0.717) is 0 Å². The first-order valence-corrected chi connectivity index (χ1v) is 11.4. The molecule has 6 nitrogen and oxygen atoms in total. The topological polar surface area (TPSA) is 61.0 Å². The van der Waals surface area contributed by atoms with Gasteiger partial charge in [-0.05, 0) is 68.4 Å². The second kappa shape index (κ2) is 8.43. The molecule has 0 radical (unpaired) electrons. The molecular weight excluding hydrogens is 402 g/mol. The zero-order valence-electron chi connectivity index (χ0n) is 19.2. The summed E-state index contributed by atoms with van der Waals surface area (Å²) >= 11 is 0. The van der Waals surface area contributed by atoms with Crippen LogP contribution in [0.25, 0.3) is 10.9 Å². The molecule has 0 bridgehead atoms. The predicted octanol–water partition coefficient (Wildman–Crippen LogP) is 3.70. The van der Waals surface area contributed by atoms with Crippen LogP contribution in [0.15, 0.2) is 42.5 Å². The van der Waals surface area contributed by atoms with Gasteiger partial charge in [-0.15, -0.1) is 0 Å². The first-order chi connectivity index (χ1) is 15.6. The lowest BCUT2D eigenvalue weighted by molar-refractivity contribution is 0.0474. The highest BCUT2D eigenvalue weighted by Crippen LogP contribution is 2.49. The lowest BCUT2D eigenvalue weighted by Gasteiger charge is -2.50. The second-order valence-electron chi connectivity index (χ2n) is 9.36. The quantitative estimate of drug-likeness (QED) is 0.640. The molecule has 5 rings (SSSR count). The average Bonchev–Trinajstić information content (AvgIpc) is 3.20. The van der Waals surface area contributed by atoms with Gasteiger partial charge in [-0.25, -0.2) is 0 Å². The fourth-order valence-corrected chi connectivity index (χ4v) is 5.74. The Morgan fingerprint density at radius 1 is 1.06 bits per heavy atom. The van der Waals surface area contributed by atoms with Crippen LogP contribution in [0.1, 0.15) is 35.7 Å². The summed E-state index contributed by atoms with van der Waals surface area (Å²) < 4.78 is 10.9.